The van der Waals surface area contributed by atoms with E-state index in [2.05, 4.69) is 137 Å². The van der Waals surface area contributed by atoms with Gasteiger partial charge in [-0.25, -0.2) is 0 Å². The molecule has 4 aliphatic carbocycles. The third-order valence-electron chi connectivity index (χ3n) is 13.9. The lowest BCUT2D eigenvalue weighted by atomic mass is 9.82. The van der Waals surface area contributed by atoms with Crippen LogP contribution >= 0.6 is 29.2 Å². The number of unbranched alkanes of at least 4 members (excludes halogenated alkanes) is 7. The van der Waals surface area contributed by atoms with Gasteiger partial charge in [-0.2, -0.15) is 0 Å². The Bertz CT molecular complexity index is 1530. The molecule has 3 fully saturated rings. The minimum atomic E-state index is -1.59. The second-order valence-corrected chi connectivity index (χ2v) is 36.0. The van der Waals surface area contributed by atoms with Gasteiger partial charge in [0.15, 0.2) is 0 Å². The van der Waals surface area contributed by atoms with Crippen LogP contribution < -0.4 is 0 Å². The predicted octanol–water partition coefficient (Wildman–Crippen LogP) is 15.6. The molecule has 12 unspecified atom stereocenters. The number of fused-ring (bicyclic) bond motifs is 1. The van der Waals surface area contributed by atoms with E-state index in [4.69, 9.17) is 0 Å². The summed E-state index contributed by atoms with van der Waals surface area (Å²) in [6.45, 7) is 12.0. The van der Waals surface area contributed by atoms with E-state index in [0.717, 1.165) is 5.66 Å². The van der Waals surface area contributed by atoms with E-state index < -0.39 is 6.95 Å². The summed E-state index contributed by atoms with van der Waals surface area (Å²) in [4.78, 5) is 0. The highest BCUT2D eigenvalue weighted by Gasteiger charge is 2.79. The number of hydrogen-bond donors (Lipinski definition) is 0. The first-order valence-corrected chi connectivity index (χ1v) is 29.7. The van der Waals surface area contributed by atoms with E-state index in [-0.39, 0.29) is 22.2 Å². The number of rotatable bonds is 14. The van der Waals surface area contributed by atoms with Crippen LogP contribution in [0.25, 0.3) is 0 Å². The summed E-state index contributed by atoms with van der Waals surface area (Å²) in [5.74, 6) is 4.09. The fourth-order valence-electron chi connectivity index (χ4n) is 11.8. The summed E-state index contributed by atoms with van der Waals surface area (Å²) >= 11 is 0. The van der Waals surface area contributed by atoms with Gasteiger partial charge in [-0.1, -0.05) is 169 Å². The smallest absolute Gasteiger partial charge is 0.0807 e. The van der Waals surface area contributed by atoms with Crippen LogP contribution in [-0.4, -0.2) is 36.5 Å². The normalized spacial score (nSPS) is 38.5. The summed E-state index contributed by atoms with van der Waals surface area (Å²) in [5, 5.41) is 2.40. The van der Waals surface area contributed by atoms with Gasteiger partial charge in [0, 0.05) is 35.1 Å². The third-order valence-corrected chi connectivity index (χ3v) is 45.4. The molecule has 2 saturated carbocycles. The lowest BCUT2D eigenvalue weighted by Gasteiger charge is -2.62. The number of hydrogen-bond acceptors (Lipinski definition) is 0. The Morgan fingerprint density at radius 2 is 1.32 bits per heavy atom. The molecule has 1 saturated heterocycles. The zero-order chi connectivity index (χ0) is 34.7. The molecule has 2 aromatic rings. The summed E-state index contributed by atoms with van der Waals surface area (Å²) < 4.78 is 0. The van der Waals surface area contributed by atoms with Gasteiger partial charge in [0.25, 0.3) is 0 Å². The maximum atomic E-state index is 3.09. The molecular weight excluding hydrogens is 676 g/mol. The van der Waals surface area contributed by atoms with E-state index in [0.29, 0.717) is 40.7 Å². The van der Waals surface area contributed by atoms with E-state index >= 15 is 0 Å². The van der Waals surface area contributed by atoms with Gasteiger partial charge in [-0.3, -0.25) is 0 Å². The van der Waals surface area contributed by atoms with E-state index in [1.54, 1.807) is 17.3 Å². The highest BCUT2D eigenvalue weighted by Crippen LogP contribution is 3.14. The maximum absolute atomic E-state index is 3.09. The molecule has 0 N–H and O–H groups in total. The van der Waals surface area contributed by atoms with Crippen LogP contribution in [0.3, 0.4) is 0 Å². The van der Waals surface area contributed by atoms with Gasteiger partial charge >= 0.3 is 0 Å². The van der Waals surface area contributed by atoms with Crippen LogP contribution in [0.1, 0.15) is 114 Å². The lowest BCUT2D eigenvalue weighted by molar-refractivity contribution is 0.446. The largest absolute Gasteiger partial charge is 0.117 e. The molecule has 4 heteroatoms. The fraction of sp³-hybridized carbons (Fsp3) is 0.565. The van der Waals surface area contributed by atoms with Gasteiger partial charge in [-0.05, 0) is 76.4 Å². The zero-order valence-corrected chi connectivity index (χ0v) is 35.4. The van der Waals surface area contributed by atoms with Crippen molar-refractivity contribution < 1.29 is 0 Å². The second-order valence-electron chi connectivity index (χ2n) is 16.4. The minimum Gasteiger partial charge on any atom is -0.0807 e. The maximum Gasteiger partial charge on any atom is 0.117 e. The monoisotopic (exact) mass is 741 g/mol. The fourth-order valence-corrected chi connectivity index (χ4v) is 54.8. The van der Waals surface area contributed by atoms with E-state index in [9.17, 15) is 0 Å². The standard InChI is InChI=1S/C46H65P4/c1-6-8-10-12-22-33-49-47(4)48(32-21-11-9-7-2)44-31-23-29-40-35-42(37-24-15-13-16-25-37)36(3)46(40,44)50(49,5)45-41-30-20-19-28-39(41)34-43(45)38-26-17-14-18-27-38/h13-20,23-31,36,39-43,45H,6-12,21-22,32-35H2,1-5H3/q+1. The third kappa shape index (κ3) is 6.51. The Morgan fingerprint density at radius 3 is 2.02 bits per heavy atom. The van der Waals surface area contributed by atoms with Crippen LogP contribution in [0.4, 0.5) is 0 Å². The number of allylic oxidation sites excluding steroid dienone is 8. The Balaban J connectivity index is 1.43. The zero-order valence-electron chi connectivity index (χ0n) is 31.8. The highest BCUT2D eigenvalue weighted by atomic mass is 32.7. The molecule has 1 spiro atoms. The van der Waals surface area contributed by atoms with Crippen molar-refractivity contribution >= 4 is 29.2 Å². The average molecular weight is 742 g/mol. The van der Waals surface area contributed by atoms with Crippen molar-refractivity contribution in [2.75, 3.05) is 25.7 Å². The summed E-state index contributed by atoms with van der Waals surface area (Å²) in [6, 6.07) is 23.9. The molecule has 0 bridgehead atoms. The average Bonchev–Trinajstić information content (AvgIpc) is 3.70. The topological polar surface area (TPSA) is 0 Å². The molecule has 0 nitrogen and oxygen atoms in total. The Labute approximate surface area is 310 Å². The summed E-state index contributed by atoms with van der Waals surface area (Å²) in [6.07, 6.45) is 36.9. The molecule has 5 aliphatic rings. The van der Waals surface area contributed by atoms with Crippen molar-refractivity contribution in [2.24, 2.45) is 23.7 Å². The van der Waals surface area contributed by atoms with E-state index in [1.165, 1.54) is 76.8 Å². The molecule has 2 aromatic carbocycles. The van der Waals surface area contributed by atoms with Crippen molar-refractivity contribution in [1.29, 1.82) is 0 Å². The lowest BCUT2D eigenvalue weighted by Crippen LogP contribution is -2.49. The van der Waals surface area contributed by atoms with Crippen molar-refractivity contribution in [3.63, 3.8) is 0 Å². The summed E-state index contributed by atoms with van der Waals surface area (Å²) in [7, 11) is -0.147. The SMILES string of the molecule is CCCCCCCP1P(C)P(CCCCCC)C2=CC=CC3CC(c4ccccc4)C(C)C23[P+]1(C)C1C(c2ccccc2)CC2C=CC=CC21. The van der Waals surface area contributed by atoms with Crippen molar-refractivity contribution in [1.82, 2.24) is 0 Å². The first-order chi connectivity index (χ1) is 24.5. The van der Waals surface area contributed by atoms with E-state index in [1.807, 2.05) is 5.31 Å². The molecule has 7 rings (SSSR count). The Kier molecular flexibility index (Phi) is 12.5. The first-order valence-electron chi connectivity index (χ1n) is 20.5. The Morgan fingerprint density at radius 1 is 0.700 bits per heavy atom. The van der Waals surface area contributed by atoms with Crippen LogP contribution in [-0.2, 0) is 0 Å². The predicted molar refractivity (Wildman–Crippen MR) is 231 cm³/mol. The molecule has 268 valence electrons. The van der Waals surface area contributed by atoms with Gasteiger partial charge in [-0.15, -0.1) is 0 Å². The van der Waals surface area contributed by atoms with Crippen LogP contribution in [0.2, 0.25) is 0 Å². The quantitative estimate of drug-likeness (QED) is 0.134. The molecule has 12 atom stereocenters. The first kappa shape index (κ1) is 37.4. The summed E-state index contributed by atoms with van der Waals surface area (Å²) in [5.41, 5.74) is 4.05. The highest BCUT2D eigenvalue weighted by molar-refractivity contribution is 8.81. The minimum absolute atomic E-state index is 0.00570. The molecule has 0 aromatic heterocycles. The number of benzene rings is 2. The van der Waals surface area contributed by atoms with Crippen molar-refractivity contribution in [3.8, 4) is 0 Å². The molecule has 50 heavy (non-hydrogen) atoms. The van der Waals surface area contributed by atoms with Gasteiger partial charge in [0.2, 0.25) is 0 Å². The van der Waals surface area contributed by atoms with Gasteiger partial charge in [0.1, 0.15) is 5.16 Å². The van der Waals surface area contributed by atoms with Crippen LogP contribution in [0.5, 0.6) is 0 Å². The molecule has 0 radical (unpaired) electrons. The van der Waals surface area contributed by atoms with Crippen LogP contribution in [0, 0.1) is 23.7 Å². The van der Waals surface area contributed by atoms with Crippen molar-refractivity contribution in [2.45, 2.75) is 114 Å². The van der Waals surface area contributed by atoms with Crippen LogP contribution in [0.15, 0.2) is 109 Å². The molecule has 0 amide bonds. The second kappa shape index (κ2) is 16.6. The molecule has 1 heterocycles. The van der Waals surface area contributed by atoms with Gasteiger partial charge in [0.05, 0.1) is 26.6 Å². The van der Waals surface area contributed by atoms with Crippen molar-refractivity contribution in [3.05, 3.63) is 120 Å². The molecular formula is C46H65P4+. The molecule has 1 aliphatic heterocycles. The Hall–Kier alpha value is -0.880. The van der Waals surface area contributed by atoms with Gasteiger partial charge < -0.3 is 0 Å².